The van der Waals surface area contributed by atoms with Crippen LogP contribution in [0.3, 0.4) is 0 Å². The van der Waals surface area contributed by atoms with Crippen LogP contribution in [0.1, 0.15) is 33.6 Å². The Labute approximate surface area is 95.4 Å². The molecular weight excluding hydrogens is 214 g/mol. The molecule has 0 aliphatic heterocycles. The summed E-state index contributed by atoms with van der Waals surface area (Å²) in [6.07, 6.45) is 0. The van der Waals surface area contributed by atoms with Crippen molar-refractivity contribution in [3.05, 3.63) is 5.89 Å². The standard InChI is InChI=1S/C10H18ClN3O/c1-7(10(2,3)4)6-12-9-14-13-8(5-11)15-9/h7H,5-6H2,1-4H3,(H,12,14). The van der Waals surface area contributed by atoms with E-state index in [1.54, 1.807) is 0 Å². The summed E-state index contributed by atoms with van der Waals surface area (Å²) in [4.78, 5) is 0. The van der Waals surface area contributed by atoms with E-state index in [4.69, 9.17) is 16.0 Å². The zero-order valence-electron chi connectivity index (χ0n) is 9.67. The number of nitrogens with zero attached hydrogens (tertiary/aromatic N) is 2. The predicted octanol–water partition coefficient (Wildman–Crippen LogP) is 2.90. The highest BCUT2D eigenvalue weighted by Crippen LogP contribution is 2.25. The Morgan fingerprint density at radius 1 is 1.40 bits per heavy atom. The molecule has 0 fully saturated rings. The monoisotopic (exact) mass is 231 g/mol. The maximum Gasteiger partial charge on any atom is 0.315 e. The number of hydrogen-bond acceptors (Lipinski definition) is 4. The summed E-state index contributed by atoms with van der Waals surface area (Å²) in [5.74, 6) is 1.22. The van der Waals surface area contributed by atoms with Crippen LogP contribution in [0.4, 0.5) is 6.01 Å². The molecule has 1 rings (SSSR count). The lowest BCUT2D eigenvalue weighted by Crippen LogP contribution is -2.24. The SMILES string of the molecule is CC(CNc1nnc(CCl)o1)C(C)(C)C. The minimum atomic E-state index is 0.253. The molecule has 1 atom stereocenters. The van der Waals surface area contributed by atoms with Gasteiger partial charge < -0.3 is 9.73 Å². The van der Waals surface area contributed by atoms with Crippen molar-refractivity contribution in [3.63, 3.8) is 0 Å². The Bertz CT molecular complexity index is 306. The zero-order valence-corrected chi connectivity index (χ0v) is 10.4. The van der Waals surface area contributed by atoms with Gasteiger partial charge in [-0.1, -0.05) is 32.8 Å². The topological polar surface area (TPSA) is 51.0 Å². The Kier molecular flexibility index (Phi) is 3.97. The Balaban J connectivity index is 2.43. The van der Waals surface area contributed by atoms with Crippen LogP contribution in [0, 0.1) is 11.3 Å². The van der Waals surface area contributed by atoms with Crippen LogP contribution in [0.5, 0.6) is 0 Å². The molecule has 1 unspecified atom stereocenters. The van der Waals surface area contributed by atoms with Crippen LogP contribution in [0.25, 0.3) is 0 Å². The van der Waals surface area contributed by atoms with Gasteiger partial charge in [-0.05, 0) is 11.3 Å². The Morgan fingerprint density at radius 2 is 2.07 bits per heavy atom. The molecule has 15 heavy (non-hydrogen) atoms. The molecule has 0 spiro atoms. The molecule has 5 heteroatoms. The molecule has 0 aliphatic rings. The number of aromatic nitrogens is 2. The molecule has 1 N–H and O–H groups in total. The first kappa shape index (κ1) is 12.3. The minimum Gasteiger partial charge on any atom is -0.407 e. The molecule has 1 aromatic heterocycles. The van der Waals surface area contributed by atoms with E-state index in [1.807, 2.05) is 0 Å². The van der Waals surface area contributed by atoms with Gasteiger partial charge in [0.25, 0.3) is 0 Å². The van der Waals surface area contributed by atoms with E-state index >= 15 is 0 Å². The number of halogens is 1. The highest BCUT2D eigenvalue weighted by Gasteiger charge is 2.20. The van der Waals surface area contributed by atoms with Crippen LogP contribution in [-0.4, -0.2) is 16.7 Å². The van der Waals surface area contributed by atoms with Crippen LogP contribution < -0.4 is 5.32 Å². The van der Waals surface area contributed by atoms with Crippen molar-refractivity contribution < 1.29 is 4.42 Å². The quantitative estimate of drug-likeness (QED) is 0.810. The molecular formula is C10H18ClN3O. The fraction of sp³-hybridized carbons (Fsp3) is 0.800. The first-order valence-corrected chi connectivity index (χ1v) is 5.59. The summed E-state index contributed by atoms with van der Waals surface area (Å²) in [5, 5.41) is 10.7. The predicted molar refractivity (Wildman–Crippen MR) is 61.0 cm³/mol. The molecule has 1 aromatic rings. The second-order valence-corrected chi connectivity index (χ2v) is 5.05. The molecule has 0 bridgehead atoms. The number of hydrogen-bond donors (Lipinski definition) is 1. The Hall–Kier alpha value is -0.770. The smallest absolute Gasteiger partial charge is 0.315 e. The summed E-state index contributed by atoms with van der Waals surface area (Å²) >= 11 is 5.55. The van der Waals surface area contributed by atoms with Crippen molar-refractivity contribution in [1.82, 2.24) is 10.2 Å². The molecule has 86 valence electrons. The highest BCUT2D eigenvalue weighted by atomic mass is 35.5. The van der Waals surface area contributed by atoms with E-state index in [-0.39, 0.29) is 11.3 Å². The number of alkyl halides is 1. The maximum atomic E-state index is 5.55. The van der Waals surface area contributed by atoms with Crippen LogP contribution in [0.15, 0.2) is 4.42 Å². The molecule has 1 heterocycles. The molecule has 4 nitrogen and oxygen atoms in total. The largest absolute Gasteiger partial charge is 0.407 e. The lowest BCUT2D eigenvalue weighted by Gasteiger charge is -2.26. The second kappa shape index (κ2) is 4.84. The fourth-order valence-electron chi connectivity index (χ4n) is 0.926. The van der Waals surface area contributed by atoms with Gasteiger partial charge in [-0.15, -0.1) is 16.7 Å². The van der Waals surface area contributed by atoms with E-state index in [9.17, 15) is 0 Å². The fourth-order valence-corrected chi connectivity index (χ4v) is 1.03. The summed E-state index contributed by atoms with van der Waals surface area (Å²) in [5.41, 5.74) is 0.266. The van der Waals surface area contributed by atoms with Crippen molar-refractivity contribution >= 4 is 17.6 Å². The third-order valence-electron chi connectivity index (χ3n) is 2.62. The van der Waals surface area contributed by atoms with E-state index < -0.39 is 0 Å². The lowest BCUT2D eigenvalue weighted by molar-refractivity contribution is 0.273. The van der Waals surface area contributed by atoms with Crippen molar-refractivity contribution in [1.29, 1.82) is 0 Å². The van der Waals surface area contributed by atoms with E-state index in [0.29, 0.717) is 17.8 Å². The summed E-state index contributed by atoms with van der Waals surface area (Å²) in [6.45, 7) is 9.62. The number of anilines is 1. The average molecular weight is 232 g/mol. The molecule has 0 radical (unpaired) electrons. The van der Waals surface area contributed by atoms with Gasteiger partial charge >= 0.3 is 6.01 Å². The molecule has 0 aliphatic carbocycles. The first-order valence-electron chi connectivity index (χ1n) is 5.05. The van der Waals surface area contributed by atoms with Gasteiger partial charge in [-0.2, -0.15) is 0 Å². The first-order chi connectivity index (χ1) is 6.93. The van der Waals surface area contributed by atoms with Crippen molar-refractivity contribution in [3.8, 4) is 0 Å². The van der Waals surface area contributed by atoms with Crippen molar-refractivity contribution in [2.45, 2.75) is 33.6 Å². The number of nitrogens with one attached hydrogen (secondary N) is 1. The van der Waals surface area contributed by atoms with Gasteiger partial charge in [0.1, 0.15) is 5.88 Å². The molecule has 0 aromatic carbocycles. The Morgan fingerprint density at radius 3 is 2.53 bits per heavy atom. The summed E-state index contributed by atoms with van der Waals surface area (Å²) < 4.78 is 5.23. The molecule has 0 amide bonds. The molecule has 0 saturated heterocycles. The van der Waals surface area contributed by atoms with Gasteiger partial charge in [-0.25, -0.2) is 0 Å². The lowest BCUT2D eigenvalue weighted by atomic mass is 9.82. The maximum absolute atomic E-state index is 5.55. The highest BCUT2D eigenvalue weighted by molar-refractivity contribution is 6.16. The summed E-state index contributed by atoms with van der Waals surface area (Å²) in [6, 6.07) is 0.446. The van der Waals surface area contributed by atoms with Crippen LogP contribution in [0.2, 0.25) is 0 Å². The average Bonchev–Trinajstić information content (AvgIpc) is 2.60. The third-order valence-corrected chi connectivity index (χ3v) is 2.85. The van der Waals surface area contributed by atoms with Gasteiger partial charge in [0.2, 0.25) is 5.89 Å². The normalized spacial score (nSPS) is 13.9. The zero-order chi connectivity index (χ0) is 11.5. The number of rotatable bonds is 4. The third kappa shape index (κ3) is 3.70. The van der Waals surface area contributed by atoms with Crippen LogP contribution >= 0.6 is 11.6 Å². The van der Waals surface area contributed by atoms with Gasteiger partial charge in [0, 0.05) is 6.54 Å². The van der Waals surface area contributed by atoms with Crippen molar-refractivity contribution in [2.24, 2.45) is 11.3 Å². The van der Waals surface area contributed by atoms with Gasteiger partial charge in [-0.3, -0.25) is 0 Å². The summed E-state index contributed by atoms with van der Waals surface area (Å²) in [7, 11) is 0. The van der Waals surface area contributed by atoms with Gasteiger partial charge in [0.15, 0.2) is 0 Å². The van der Waals surface area contributed by atoms with E-state index in [2.05, 4.69) is 43.2 Å². The molecule has 0 saturated carbocycles. The second-order valence-electron chi connectivity index (χ2n) is 4.78. The van der Waals surface area contributed by atoms with Crippen molar-refractivity contribution in [2.75, 3.05) is 11.9 Å². The van der Waals surface area contributed by atoms with E-state index in [0.717, 1.165) is 6.54 Å². The van der Waals surface area contributed by atoms with Crippen LogP contribution in [-0.2, 0) is 5.88 Å². The van der Waals surface area contributed by atoms with E-state index in [1.165, 1.54) is 0 Å². The minimum absolute atomic E-state index is 0.253. The van der Waals surface area contributed by atoms with Gasteiger partial charge in [0.05, 0.1) is 0 Å².